The van der Waals surface area contributed by atoms with Gasteiger partial charge >= 0.3 is 18.2 Å². The predicted octanol–water partition coefficient (Wildman–Crippen LogP) is 3.61. The van der Waals surface area contributed by atoms with Gasteiger partial charge in [0.2, 0.25) is 0 Å². The van der Waals surface area contributed by atoms with Crippen LogP contribution in [0, 0.1) is 5.82 Å². The zero-order chi connectivity index (χ0) is 17.8. The summed E-state index contributed by atoms with van der Waals surface area (Å²) in [5.41, 5.74) is -2.60. The molecule has 0 aliphatic heterocycles. The van der Waals surface area contributed by atoms with Crippen molar-refractivity contribution >= 4 is 17.7 Å². The van der Waals surface area contributed by atoms with E-state index in [9.17, 15) is 27.2 Å². The van der Waals surface area contributed by atoms with Crippen LogP contribution in [0.25, 0.3) is 0 Å². The number of anilines is 1. The van der Waals surface area contributed by atoms with Gasteiger partial charge in [0, 0.05) is 17.6 Å². The van der Waals surface area contributed by atoms with E-state index in [1.807, 2.05) is 0 Å². The summed E-state index contributed by atoms with van der Waals surface area (Å²) in [5.74, 6) is -2.47. The summed E-state index contributed by atoms with van der Waals surface area (Å²) >= 11 is 0. The maximum Gasteiger partial charge on any atom is 0.419 e. The van der Waals surface area contributed by atoms with E-state index in [4.69, 9.17) is 5.11 Å². The van der Waals surface area contributed by atoms with E-state index in [-0.39, 0.29) is 18.5 Å². The van der Waals surface area contributed by atoms with E-state index in [2.05, 4.69) is 10.6 Å². The molecule has 1 aromatic carbocycles. The number of nitrogens with one attached hydrogen (secondary N) is 2. The van der Waals surface area contributed by atoms with Crippen molar-refractivity contribution in [3.05, 3.63) is 29.6 Å². The van der Waals surface area contributed by atoms with Gasteiger partial charge < -0.3 is 15.7 Å². The van der Waals surface area contributed by atoms with Crippen molar-refractivity contribution in [1.82, 2.24) is 5.32 Å². The monoisotopic (exact) mass is 336 g/mol. The van der Waals surface area contributed by atoms with Crippen molar-refractivity contribution < 1.29 is 32.3 Å². The number of alkyl halides is 3. The molecule has 2 amide bonds. The molecule has 0 bridgehead atoms. The highest BCUT2D eigenvalue weighted by Crippen LogP contribution is 2.33. The van der Waals surface area contributed by atoms with Gasteiger partial charge in [0.05, 0.1) is 5.56 Å². The Balaban J connectivity index is 2.76. The molecule has 128 valence electrons. The van der Waals surface area contributed by atoms with Crippen LogP contribution in [-0.2, 0) is 11.0 Å². The number of carboxylic acids is 1. The molecule has 0 atom stereocenters. The lowest BCUT2D eigenvalue weighted by Crippen LogP contribution is -2.45. The molecule has 5 nitrogen and oxygen atoms in total. The first-order valence-corrected chi connectivity index (χ1v) is 6.58. The third-order valence-electron chi connectivity index (χ3n) is 2.95. The van der Waals surface area contributed by atoms with Crippen LogP contribution < -0.4 is 10.6 Å². The molecule has 1 rings (SSSR count). The molecule has 3 N–H and O–H groups in total. The molecule has 0 saturated heterocycles. The zero-order valence-corrected chi connectivity index (χ0v) is 12.4. The number of amides is 2. The maximum absolute atomic E-state index is 13.1. The molecule has 0 saturated carbocycles. The van der Waals surface area contributed by atoms with Crippen molar-refractivity contribution in [2.75, 3.05) is 5.32 Å². The molecule has 0 spiro atoms. The van der Waals surface area contributed by atoms with Crippen LogP contribution in [0.1, 0.15) is 32.3 Å². The van der Waals surface area contributed by atoms with Crippen molar-refractivity contribution in [2.45, 2.75) is 38.4 Å². The number of benzene rings is 1. The number of rotatable bonds is 5. The average Bonchev–Trinajstić information content (AvgIpc) is 2.37. The van der Waals surface area contributed by atoms with Crippen LogP contribution in [0.2, 0.25) is 0 Å². The largest absolute Gasteiger partial charge is 0.481 e. The van der Waals surface area contributed by atoms with Crippen LogP contribution >= 0.6 is 0 Å². The van der Waals surface area contributed by atoms with Crippen LogP contribution in [0.4, 0.5) is 28.0 Å². The van der Waals surface area contributed by atoms with Gasteiger partial charge in [-0.3, -0.25) is 4.79 Å². The van der Waals surface area contributed by atoms with Gasteiger partial charge in [0.15, 0.2) is 0 Å². The van der Waals surface area contributed by atoms with E-state index in [0.717, 1.165) is 6.07 Å². The number of hydrogen-bond donors (Lipinski definition) is 3. The van der Waals surface area contributed by atoms with Gasteiger partial charge in [0.25, 0.3) is 0 Å². The summed E-state index contributed by atoms with van der Waals surface area (Å²) < 4.78 is 50.9. The number of hydrogen-bond acceptors (Lipinski definition) is 2. The topological polar surface area (TPSA) is 78.4 Å². The Morgan fingerprint density at radius 1 is 1.22 bits per heavy atom. The summed E-state index contributed by atoms with van der Waals surface area (Å²) in [6, 6.07) is 1.27. The van der Waals surface area contributed by atoms with E-state index < -0.39 is 35.1 Å². The lowest BCUT2D eigenvalue weighted by molar-refractivity contribution is -0.140. The van der Waals surface area contributed by atoms with Gasteiger partial charge in [0.1, 0.15) is 5.82 Å². The third kappa shape index (κ3) is 6.13. The molecule has 0 heterocycles. The SMILES string of the molecule is CC(C)(CCC(=O)O)NC(=O)Nc1ccc(F)c(C(F)(F)F)c1. The smallest absolute Gasteiger partial charge is 0.419 e. The summed E-state index contributed by atoms with van der Waals surface area (Å²) in [5, 5.41) is 13.2. The number of carboxylic acid groups (broad SMARTS) is 1. The Bertz CT molecular complexity index is 600. The quantitative estimate of drug-likeness (QED) is 0.719. The Morgan fingerprint density at radius 2 is 1.83 bits per heavy atom. The molecular formula is C14H16F4N2O3. The van der Waals surface area contributed by atoms with E-state index >= 15 is 0 Å². The molecule has 0 unspecified atom stereocenters. The fraction of sp³-hybridized carbons (Fsp3) is 0.429. The summed E-state index contributed by atoms with van der Waals surface area (Å²) in [7, 11) is 0. The van der Waals surface area contributed by atoms with Gasteiger partial charge in [-0.1, -0.05) is 0 Å². The van der Waals surface area contributed by atoms with Crippen LogP contribution in [0.5, 0.6) is 0 Å². The van der Waals surface area contributed by atoms with Crippen LogP contribution in [0.15, 0.2) is 18.2 Å². The molecule has 9 heteroatoms. The predicted molar refractivity (Wildman–Crippen MR) is 74.5 cm³/mol. The fourth-order valence-electron chi connectivity index (χ4n) is 1.77. The number of halogens is 4. The average molecular weight is 336 g/mol. The van der Waals surface area contributed by atoms with Crippen LogP contribution in [0.3, 0.4) is 0 Å². The second-order valence-corrected chi connectivity index (χ2v) is 5.55. The molecule has 0 aliphatic rings. The second kappa shape index (κ2) is 6.84. The number of carbonyl (C=O) groups is 2. The molecule has 0 fully saturated rings. The van der Waals surface area contributed by atoms with Crippen LogP contribution in [-0.4, -0.2) is 22.6 Å². The minimum atomic E-state index is -4.88. The van der Waals surface area contributed by atoms with Crippen molar-refractivity contribution in [1.29, 1.82) is 0 Å². The first-order valence-electron chi connectivity index (χ1n) is 6.58. The molecular weight excluding hydrogens is 320 g/mol. The maximum atomic E-state index is 13.1. The summed E-state index contributed by atoms with van der Waals surface area (Å²) in [4.78, 5) is 22.3. The van der Waals surface area contributed by atoms with Gasteiger partial charge in [-0.15, -0.1) is 0 Å². The van der Waals surface area contributed by atoms with Crippen molar-refractivity contribution in [3.63, 3.8) is 0 Å². The standard InChI is InChI=1S/C14H16F4N2O3/c1-13(2,6-5-11(21)22)20-12(23)19-8-3-4-10(15)9(7-8)14(16,17)18/h3-4,7H,5-6H2,1-2H3,(H,21,22)(H2,19,20,23). The fourth-order valence-corrected chi connectivity index (χ4v) is 1.77. The normalized spacial score (nSPS) is 11.9. The Labute approximate surface area is 129 Å². The highest BCUT2D eigenvalue weighted by molar-refractivity contribution is 5.89. The highest BCUT2D eigenvalue weighted by Gasteiger charge is 2.34. The lowest BCUT2D eigenvalue weighted by atomic mass is 9.99. The molecule has 0 radical (unpaired) electrons. The second-order valence-electron chi connectivity index (χ2n) is 5.55. The van der Waals surface area contributed by atoms with E-state index in [1.165, 1.54) is 0 Å². The molecule has 23 heavy (non-hydrogen) atoms. The number of aliphatic carboxylic acids is 1. The highest BCUT2D eigenvalue weighted by atomic mass is 19.4. The van der Waals surface area contributed by atoms with Crippen molar-refractivity contribution in [3.8, 4) is 0 Å². The Kier molecular flexibility index (Phi) is 5.57. The number of urea groups is 1. The Hall–Kier alpha value is -2.32. The minimum Gasteiger partial charge on any atom is -0.481 e. The van der Waals surface area contributed by atoms with Gasteiger partial charge in [-0.05, 0) is 38.5 Å². The number of carbonyl (C=O) groups excluding carboxylic acids is 1. The van der Waals surface area contributed by atoms with Gasteiger partial charge in [-0.2, -0.15) is 13.2 Å². The first-order chi connectivity index (χ1) is 10.4. The summed E-state index contributed by atoms with van der Waals surface area (Å²) in [6.07, 6.45) is -4.92. The lowest BCUT2D eigenvalue weighted by Gasteiger charge is -2.25. The third-order valence-corrected chi connectivity index (χ3v) is 2.95. The molecule has 0 aromatic heterocycles. The Morgan fingerprint density at radius 3 is 2.35 bits per heavy atom. The molecule has 0 aliphatic carbocycles. The minimum absolute atomic E-state index is 0.132. The first kappa shape index (κ1) is 18.7. The van der Waals surface area contributed by atoms with E-state index in [0.29, 0.717) is 12.1 Å². The van der Waals surface area contributed by atoms with E-state index in [1.54, 1.807) is 13.8 Å². The van der Waals surface area contributed by atoms with Gasteiger partial charge in [-0.25, -0.2) is 9.18 Å². The zero-order valence-electron chi connectivity index (χ0n) is 12.4. The molecule has 1 aromatic rings. The van der Waals surface area contributed by atoms with Crippen molar-refractivity contribution in [2.24, 2.45) is 0 Å². The summed E-state index contributed by atoms with van der Waals surface area (Å²) in [6.45, 7) is 3.14.